The third-order valence-electron chi connectivity index (χ3n) is 2.62. The van der Waals surface area contributed by atoms with Crippen LogP contribution in [-0.4, -0.2) is 30.4 Å². The summed E-state index contributed by atoms with van der Waals surface area (Å²) in [5.74, 6) is -3.71. The second-order valence-corrected chi connectivity index (χ2v) is 4.61. The van der Waals surface area contributed by atoms with Crippen LogP contribution in [0.5, 0.6) is 0 Å². The van der Waals surface area contributed by atoms with Gasteiger partial charge < -0.3 is 10.6 Å². The first kappa shape index (κ1) is 15.0. The average Bonchev–Trinajstić information content (AvgIpc) is 2.38. The van der Waals surface area contributed by atoms with Gasteiger partial charge in [-0.1, -0.05) is 0 Å². The Morgan fingerprint density at radius 1 is 1.37 bits per heavy atom. The Kier molecular flexibility index (Phi) is 4.52. The van der Waals surface area contributed by atoms with Crippen LogP contribution in [-0.2, 0) is 4.79 Å². The van der Waals surface area contributed by atoms with Crippen molar-refractivity contribution in [3.8, 4) is 0 Å². The summed E-state index contributed by atoms with van der Waals surface area (Å²) < 4.78 is 26.2. The van der Waals surface area contributed by atoms with E-state index in [1.807, 2.05) is 0 Å². The monoisotopic (exact) mass is 271 g/mol. The minimum Gasteiger partial charge on any atom is -0.359 e. The number of carbonyl (C=O) groups excluding carboxylic acids is 2. The van der Waals surface area contributed by atoms with E-state index in [4.69, 9.17) is 0 Å². The van der Waals surface area contributed by atoms with Crippen molar-refractivity contribution in [2.75, 3.05) is 13.6 Å². The zero-order chi connectivity index (χ0) is 14.6. The van der Waals surface area contributed by atoms with Crippen LogP contribution in [0.1, 0.15) is 24.2 Å². The van der Waals surface area contributed by atoms with Gasteiger partial charge in [0.05, 0.1) is 11.0 Å². The first-order valence-corrected chi connectivity index (χ1v) is 5.60. The number of nitrogens with zero attached hydrogens (tertiary/aromatic N) is 1. The molecule has 104 valence electrons. The Hall–Kier alpha value is -2.05. The van der Waals surface area contributed by atoms with Gasteiger partial charge in [0.1, 0.15) is 0 Å². The molecule has 1 aromatic rings. The number of rotatable bonds is 4. The Morgan fingerprint density at radius 3 is 2.58 bits per heavy atom. The summed E-state index contributed by atoms with van der Waals surface area (Å²) in [6, 6.07) is 1.07. The zero-order valence-corrected chi connectivity index (χ0v) is 10.9. The van der Waals surface area contributed by atoms with Gasteiger partial charge >= 0.3 is 0 Å². The minimum atomic E-state index is -1.33. The molecule has 1 heterocycles. The molecule has 1 rings (SSSR count). The van der Waals surface area contributed by atoms with Crippen molar-refractivity contribution in [3.63, 3.8) is 0 Å². The molecule has 0 aromatic carbocycles. The second-order valence-electron chi connectivity index (χ2n) is 4.61. The Balaban J connectivity index is 2.76. The highest BCUT2D eigenvalue weighted by Gasteiger charge is 2.27. The van der Waals surface area contributed by atoms with Crippen molar-refractivity contribution in [1.29, 1.82) is 0 Å². The van der Waals surface area contributed by atoms with Crippen LogP contribution in [0.3, 0.4) is 0 Å². The molecule has 0 atom stereocenters. The fourth-order valence-electron chi connectivity index (χ4n) is 1.41. The fourth-order valence-corrected chi connectivity index (χ4v) is 1.41. The van der Waals surface area contributed by atoms with Crippen LogP contribution in [0.2, 0.25) is 0 Å². The van der Waals surface area contributed by atoms with Crippen LogP contribution < -0.4 is 10.6 Å². The smallest absolute Gasteiger partial charge is 0.254 e. The van der Waals surface area contributed by atoms with Gasteiger partial charge in [-0.05, 0) is 19.9 Å². The summed E-state index contributed by atoms with van der Waals surface area (Å²) in [5, 5.41) is 4.84. The lowest BCUT2D eigenvalue weighted by Crippen LogP contribution is -2.43. The predicted molar refractivity (Wildman–Crippen MR) is 64.3 cm³/mol. The molecule has 0 fully saturated rings. The quantitative estimate of drug-likeness (QED) is 0.798. The molecular weight excluding hydrogens is 256 g/mol. The Morgan fingerprint density at radius 2 is 2.00 bits per heavy atom. The van der Waals surface area contributed by atoms with Gasteiger partial charge in [0.15, 0.2) is 5.82 Å². The molecular formula is C12H15F2N3O2. The molecule has 0 aliphatic carbocycles. The van der Waals surface area contributed by atoms with E-state index in [-0.39, 0.29) is 12.5 Å². The Bertz CT molecular complexity index is 504. The number of hydrogen-bond acceptors (Lipinski definition) is 3. The van der Waals surface area contributed by atoms with Crippen LogP contribution in [0.25, 0.3) is 0 Å². The highest BCUT2D eigenvalue weighted by atomic mass is 19.2. The molecule has 0 aliphatic heterocycles. The van der Waals surface area contributed by atoms with Gasteiger partial charge in [-0.2, -0.15) is 4.39 Å². The molecule has 0 saturated heterocycles. The number of amides is 2. The molecule has 0 saturated carbocycles. The highest BCUT2D eigenvalue weighted by Crippen LogP contribution is 2.14. The molecule has 7 heteroatoms. The topological polar surface area (TPSA) is 71.1 Å². The number of pyridine rings is 1. The molecule has 0 unspecified atom stereocenters. The van der Waals surface area contributed by atoms with E-state index < -0.39 is 28.7 Å². The van der Waals surface area contributed by atoms with Crippen LogP contribution in [0, 0.1) is 17.2 Å². The standard InChI is InChI=1S/C12H15F2N3O2/c1-12(2,11(19)15-3)6-17-10(18)7-4-5-16-9(14)8(7)13/h4-5H,6H2,1-3H3,(H,15,19)(H,17,18). The van der Waals surface area contributed by atoms with Crippen molar-refractivity contribution in [2.24, 2.45) is 5.41 Å². The lowest BCUT2D eigenvalue weighted by atomic mass is 9.92. The zero-order valence-electron chi connectivity index (χ0n) is 10.9. The number of aromatic nitrogens is 1. The normalized spacial score (nSPS) is 11.0. The molecule has 1 aromatic heterocycles. The minimum absolute atomic E-state index is 0.00507. The number of halogens is 2. The van der Waals surface area contributed by atoms with E-state index in [1.165, 1.54) is 7.05 Å². The number of hydrogen-bond donors (Lipinski definition) is 2. The summed E-state index contributed by atoms with van der Waals surface area (Å²) in [6.07, 6.45) is 0.997. The fraction of sp³-hybridized carbons (Fsp3) is 0.417. The molecule has 19 heavy (non-hydrogen) atoms. The third kappa shape index (κ3) is 3.46. The second kappa shape index (κ2) is 5.73. The molecule has 0 bridgehead atoms. The molecule has 0 radical (unpaired) electrons. The van der Waals surface area contributed by atoms with Gasteiger partial charge in [0.25, 0.3) is 5.91 Å². The van der Waals surface area contributed by atoms with Crippen molar-refractivity contribution in [3.05, 3.63) is 29.6 Å². The van der Waals surface area contributed by atoms with Crippen molar-refractivity contribution < 1.29 is 18.4 Å². The molecule has 0 aliphatic rings. The predicted octanol–water partition coefficient (Wildman–Crippen LogP) is 0.862. The Labute approximate surface area is 109 Å². The highest BCUT2D eigenvalue weighted by molar-refractivity contribution is 5.94. The SMILES string of the molecule is CNC(=O)C(C)(C)CNC(=O)c1ccnc(F)c1F. The van der Waals surface area contributed by atoms with Crippen molar-refractivity contribution in [2.45, 2.75) is 13.8 Å². The van der Waals surface area contributed by atoms with Gasteiger partial charge in [-0.3, -0.25) is 9.59 Å². The van der Waals surface area contributed by atoms with Gasteiger partial charge in [0.2, 0.25) is 11.9 Å². The van der Waals surface area contributed by atoms with Crippen LogP contribution in [0.4, 0.5) is 8.78 Å². The molecule has 2 N–H and O–H groups in total. The summed E-state index contributed by atoms with van der Waals surface area (Å²) >= 11 is 0. The first-order valence-electron chi connectivity index (χ1n) is 5.60. The summed E-state index contributed by atoms with van der Waals surface area (Å²) in [7, 11) is 1.48. The molecule has 0 spiro atoms. The molecule has 2 amide bonds. The molecule has 5 nitrogen and oxygen atoms in total. The van der Waals surface area contributed by atoms with Gasteiger partial charge in [-0.25, -0.2) is 9.37 Å². The maximum Gasteiger partial charge on any atom is 0.254 e. The number of carbonyl (C=O) groups is 2. The number of nitrogens with one attached hydrogen (secondary N) is 2. The van der Waals surface area contributed by atoms with E-state index in [1.54, 1.807) is 13.8 Å². The van der Waals surface area contributed by atoms with E-state index in [9.17, 15) is 18.4 Å². The average molecular weight is 271 g/mol. The third-order valence-corrected chi connectivity index (χ3v) is 2.62. The lowest BCUT2D eigenvalue weighted by molar-refractivity contribution is -0.128. The maximum absolute atomic E-state index is 13.3. The van der Waals surface area contributed by atoms with Crippen LogP contribution >= 0.6 is 0 Å². The van der Waals surface area contributed by atoms with Crippen molar-refractivity contribution in [1.82, 2.24) is 15.6 Å². The first-order chi connectivity index (χ1) is 8.79. The maximum atomic E-state index is 13.3. The van der Waals surface area contributed by atoms with E-state index >= 15 is 0 Å². The van der Waals surface area contributed by atoms with Crippen LogP contribution in [0.15, 0.2) is 12.3 Å². The summed E-state index contributed by atoms with van der Waals surface area (Å²) in [4.78, 5) is 26.3. The van der Waals surface area contributed by atoms with Gasteiger partial charge in [0, 0.05) is 19.8 Å². The lowest BCUT2D eigenvalue weighted by Gasteiger charge is -2.22. The van der Waals surface area contributed by atoms with E-state index in [0.717, 1.165) is 12.3 Å². The summed E-state index contributed by atoms with van der Waals surface area (Å²) in [5.41, 5.74) is -1.30. The summed E-state index contributed by atoms with van der Waals surface area (Å²) in [6.45, 7) is 3.24. The van der Waals surface area contributed by atoms with Gasteiger partial charge in [-0.15, -0.1) is 0 Å². The largest absolute Gasteiger partial charge is 0.359 e. The van der Waals surface area contributed by atoms with Crippen molar-refractivity contribution >= 4 is 11.8 Å². The van der Waals surface area contributed by atoms with E-state index in [2.05, 4.69) is 15.6 Å². The van der Waals surface area contributed by atoms with E-state index in [0.29, 0.717) is 0 Å².